The molecule has 0 aliphatic carbocycles. The molecule has 0 unspecified atom stereocenters. The van der Waals surface area contributed by atoms with Crippen molar-refractivity contribution < 1.29 is 19.5 Å². The summed E-state index contributed by atoms with van der Waals surface area (Å²) in [4.78, 5) is 31.6. The molecular formula is C18H34N2O4. The van der Waals surface area contributed by atoms with Gasteiger partial charge in [-0.3, -0.25) is 14.4 Å². The lowest BCUT2D eigenvalue weighted by molar-refractivity contribution is -0.137. The first-order chi connectivity index (χ1) is 11.7. The van der Waals surface area contributed by atoms with Gasteiger partial charge in [0.05, 0.1) is 6.54 Å². The van der Waals surface area contributed by atoms with Gasteiger partial charge in [-0.2, -0.15) is 0 Å². The summed E-state index contributed by atoms with van der Waals surface area (Å²) in [5.41, 5.74) is 0. The van der Waals surface area contributed by atoms with Gasteiger partial charge in [0.15, 0.2) is 0 Å². The van der Waals surface area contributed by atoms with Crippen molar-refractivity contribution in [2.45, 2.75) is 83.5 Å². The van der Waals surface area contributed by atoms with Gasteiger partial charge in [-0.05, 0) is 12.8 Å². The number of amides is 2. The van der Waals surface area contributed by atoms with Crippen molar-refractivity contribution in [2.24, 2.45) is 0 Å². The van der Waals surface area contributed by atoms with Crippen LogP contribution in [0.4, 0.5) is 0 Å². The van der Waals surface area contributed by atoms with Crippen molar-refractivity contribution in [3.63, 3.8) is 0 Å². The highest BCUT2D eigenvalue weighted by Gasteiger charge is 1.99. The molecule has 0 aromatic rings. The van der Waals surface area contributed by atoms with Crippen LogP contribution in [0.15, 0.2) is 0 Å². The molecule has 0 fully saturated rings. The van der Waals surface area contributed by atoms with Gasteiger partial charge in [0, 0.05) is 13.0 Å². The Morgan fingerprint density at radius 1 is 0.750 bits per heavy atom. The number of unbranched alkanes of at least 4 members (excludes halogenated alkanes) is 11. The zero-order valence-electron chi connectivity index (χ0n) is 14.9. The van der Waals surface area contributed by atoms with Crippen LogP contribution < -0.4 is 10.6 Å². The Bertz CT molecular complexity index is 335. The van der Waals surface area contributed by atoms with E-state index in [-0.39, 0.29) is 12.5 Å². The molecule has 0 rings (SSSR count). The molecule has 0 bridgehead atoms. The molecule has 0 spiro atoms. The smallest absolute Gasteiger partial charge is 0.303 e. The van der Waals surface area contributed by atoms with E-state index < -0.39 is 5.97 Å². The minimum atomic E-state index is -0.688. The van der Waals surface area contributed by atoms with Gasteiger partial charge in [-0.25, -0.2) is 0 Å². The third-order valence-corrected chi connectivity index (χ3v) is 3.99. The van der Waals surface area contributed by atoms with E-state index in [1.54, 1.807) is 0 Å². The van der Waals surface area contributed by atoms with Crippen molar-refractivity contribution in [1.82, 2.24) is 10.6 Å². The predicted molar refractivity (Wildman–Crippen MR) is 94.7 cm³/mol. The highest BCUT2D eigenvalue weighted by Crippen LogP contribution is 2.12. The van der Waals surface area contributed by atoms with Crippen LogP contribution in [0.25, 0.3) is 0 Å². The van der Waals surface area contributed by atoms with Gasteiger partial charge in [-0.1, -0.05) is 64.2 Å². The maximum Gasteiger partial charge on any atom is 0.303 e. The largest absolute Gasteiger partial charge is 0.481 e. The normalized spacial score (nSPS) is 10.3. The second-order valence-electron chi connectivity index (χ2n) is 6.24. The van der Waals surface area contributed by atoms with Crippen molar-refractivity contribution in [3.05, 3.63) is 0 Å². The van der Waals surface area contributed by atoms with Crippen LogP contribution in [-0.2, 0) is 14.4 Å². The number of carboxylic acid groups (broad SMARTS) is 1. The molecule has 0 aromatic carbocycles. The Hall–Kier alpha value is -1.59. The molecule has 6 heteroatoms. The first kappa shape index (κ1) is 22.4. The molecule has 24 heavy (non-hydrogen) atoms. The SMILES string of the molecule is O=CNCC(=O)NCCCCCCCCCCCCCCC(=O)O. The van der Waals surface area contributed by atoms with E-state index in [2.05, 4.69) is 10.6 Å². The van der Waals surface area contributed by atoms with E-state index in [4.69, 9.17) is 5.11 Å². The molecule has 2 amide bonds. The van der Waals surface area contributed by atoms with E-state index in [9.17, 15) is 14.4 Å². The number of carbonyl (C=O) groups excluding carboxylic acids is 2. The van der Waals surface area contributed by atoms with Crippen LogP contribution in [0.5, 0.6) is 0 Å². The molecule has 6 nitrogen and oxygen atoms in total. The van der Waals surface area contributed by atoms with Crippen LogP contribution in [0, 0.1) is 0 Å². The Labute approximate surface area is 145 Å². The fraction of sp³-hybridized carbons (Fsp3) is 0.833. The molecule has 0 saturated heterocycles. The Balaban J connectivity index is 3.08. The average Bonchev–Trinajstić information content (AvgIpc) is 2.56. The van der Waals surface area contributed by atoms with Gasteiger partial charge >= 0.3 is 5.97 Å². The van der Waals surface area contributed by atoms with Crippen molar-refractivity contribution in [3.8, 4) is 0 Å². The fourth-order valence-electron chi connectivity index (χ4n) is 2.59. The molecule has 140 valence electrons. The van der Waals surface area contributed by atoms with Gasteiger partial charge in [-0.15, -0.1) is 0 Å². The predicted octanol–water partition coefficient (Wildman–Crippen LogP) is 3.00. The van der Waals surface area contributed by atoms with E-state index in [1.165, 1.54) is 44.9 Å². The minimum absolute atomic E-state index is 0.0586. The number of carboxylic acids is 1. The molecule has 0 saturated carbocycles. The van der Waals surface area contributed by atoms with E-state index in [0.717, 1.165) is 32.1 Å². The fourth-order valence-corrected chi connectivity index (χ4v) is 2.59. The Morgan fingerprint density at radius 2 is 1.21 bits per heavy atom. The molecule has 3 N–H and O–H groups in total. The molecular weight excluding hydrogens is 308 g/mol. The van der Waals surface area contributed by atoms with Gasteiger partial charge < -0.3 is 15.7 Å². The number of carbonyl (C=O) groups is 3. The molecule has 0 aromatic heterocycles. The quantitative estimate of drug-likeness (QED) is 0.263. The standard InChI is InChI=1S/C18H34N2O4/c21-16-19-15-17(22)20-14-12-10-8-6-4-2-1-3-5-7-9-11-13-18(23)24/h16H,1-15H2,(H,19,21)(H,20,22)(H,23,24). The lowest BCUT2D eigenvalue weighted by Crippen LogP contribution is -2.33. The summed E-state index contributed by atoms with van der Waals surface area (Å²) in [6.07, 6.45) is 14.7. The Morgan fingerprint density at radius 3 is 1.67 bits per heavy atom. The molecule has 0 aliphatic heterocycles. The highest BCUT2D eigenvalue weighted by atomic mass is 16.4. The molecule has 0 radical (unpaired) electrons. The van der Waals surface area contributed by atoms with Crippen molar-refractivity contribution in [2.75, 3.05) is 13.1 Å². The minimum Gasteiger partial charge on any atom is -0.481 e. The second kappa shape index (κ2) is 17.8. The van der Waals surface area contributed by atoms with E-state index >= 15 is 0 Å². The topological polar surface area (TPSA) is 95.5 Å². The monoisotopic (exact) mass is 342 g/mol. The number of nitrogens with one attached hydrogen (secondary N) is 2. The zero-order chi connectivity index (χ0) is 17.9. The van der Waals surface area contributed by atoms with Gasteiger partial charge in [0.25, 0.3) is 0 Å². The molecule has 0 atom stereocenters. The maximum absolute atomic E-state index is 11.2. The van der Waals surface area contributed by atoms with Crippen LogP contribution >= 0.6 is 0 Å². The number of aliphatic carboxylic acids is 1. The number of rotatable bonds is 18. The highest BCUT2D eigenvalue weighted by molar-refractivity contribution is 5.79. The lowest BCUT2D eigenvalue weighted by Gasteiger charge is -2.05. The summed E-state index contributed by atoms with van der Waals surface area (Å²) in [5, 5.41) is 13.6. The summed E-state index contributed by atoms with van der Waals surface area (Å²) in [7, 11) is 0. The number of hydrogen-bond acceptors (Lipinski definition) is 3. The van der Waals surface area contributed by atoms with Crippen LogP contribution in [0.2, 0.25) is 0 Å². The first-order valence-electron chi connectivity index (χ1n) is 9.32. The summed E-state index contributed by atoms with van der Waals surface area (Å²) in [5.74, 6) is -0.822. The average molecular weight is 342 g/mol. The second-order valence-corrected chi connectivity index (χ2v) is 6.24. The number of hydrogen-bond donors (Lipinski definition) is 3. The summed E-state index contributed by atoms with van der Waals surface area (Å²) < 4.78 is 0. The molecule has 0 heterocycles. The van der Waals surface area contributed by atoms with E-state index in [0.29, 0.717) is 19.4 Å². The van der Waals surface area contributed by atoms with Crippen LogP contribution in [-0.4, -0.2) is 36.5 Å². The summed E-state index contributed by atoms with van der Waals surface area (Å²) in [6, 6.07) is 0. The van der Waals surface area contributed by atoms with Crippen LogP contribution in [0.1, 0.15) is 83.5 Å². The van der Waals surface area contributed by atoms with Crippen molar-refractivity contribution in [1.29, 1.82) is 0 Å². The van der Waals surface area contributed by atoms with Crippen LogP contribution in [0.3, 0.4) is 0 Å². The lowest BCUT2D eigenvalue weighted by atomic mass is 10.0. The maximum atomic E-state index is 11.2. The van der Waals surface area contributed by atoms with E-state index in [1.807, 2.05) is 0 Å². The first-order valence-corrected chi connectivity index (χ1v) is 9.32. The van der Waals surface area contributed by atoms with Gasteiger partial charge in [0.1, 0.15) is 0 Å². The third kappa shape index (κ3) is 18.5. The molecule has 0 aliphatic rings. The summed E-state index contributed by atoms with van der Waals surface area (Å²) >= 11 is 0. The Kier molecular flexibility index (Phi) is 16.6. The third-order valence-electron chi connectivity index (χ3n) is 3.99. The summed E-state index contributed by atoms with van der Waals surface area (Å²) in [6.45, 7) is 0.740. The van der Waals surface area contributed by atoms with Crippen molar-refractivity contribution >= 4 is 18.3 Å². The zero-order valence-corrected chi connectivity index (χ0v) is 14.9. The van der Waals surface area contributed by atoms with Gasteiger partial charge in [0.2, 0.25) is 12.3 Å².